The number of nitrogens with one attached hydrogen (secondary N) is 2. The first-order valence-electron chi connectivity index (χ1n) is 7.48. The minimum absolute atomic E-state index is 0. The number of hydrogen-bond donors (Lipinski definition) is 3. The van der Waals surface area contributed by atoms with Crippen LogP contribution in [0.5, 0.6) is 0 Å². The van der Waals surface area contributed by atoms with Crippen LogP contribution >= 0.6 is 24.2 Å². The number of thioether (sulfide) groups is 1. The molecule has 1 heterocycles. The van der Waals surface area contributed by atoms with Gasteiger partial charge in [-0.1, -0.05) is 18.2 Å². The Bertz CT molecular complexity index is 595. The van der Waals surface area contributed by atoms with E-state index in [0.717, 1.165) is 0 Å². The first-order valence-corrected chi connectivity index (χ1v) is 8.53. The number of hydrogen-bond acceptors (Lipinski definition) is 4. The van der Waals surface area contributed by atoms with E-state index in [4.69, 9.17) is 5.73 Å². The predicted octanol–water partition coefficient (Wildman–Crippen LogP) is 1.24. The summed E-state index contributed by atoms with van der Waals surface area (Å²) in [5, 5.41) is 5.05. The van der Waals surface area contributed by atoms with Crippen molar-refractivity contribution in [2.75, 3.05) is 12.3 Å². The Kier molecular flexibility index (Phi) is 7.51. The molecule has 1 fully saturated rings. The van der Waals surface area contributed by atoms with Crippen molar-refractivity contribution in [2.45, 2.75) is 37.1 Å². The number of rotatable bonds is 5. The summed E-state index contributed by atoms with van der Waals surface area (Å²) in [5.41, 5.74) is 5.82. The molecule has 4 N–H and O–H groups in total. The molecule has 1 aromatic carbocycles. The zero-order valence-electron chi connectivity index (χ0n) is 13.7. The molecule has 1 saturated heterocycles. The average Bonchev–Trinajstić information content (AvgIpc) is 2.48. The SMILES string of the molecule is CC(C)(N)CNC(=O)C1CSC(Cc2ccccc2F)C(=O)N1.Cl. The van der Waals surface area contributed by atoms with Crippen LogP contribution in [0.1, 0.15) is 19.4 Å². The second kappa shape index (κ2) is 8.69. The van der Waals surface area contributed by atoms with Crippen LogP contribution < -0.4 is 16.4 Å². The molecule has 2 atom stereocenters. The highest BCUT2D eigenvalue weighted by molar-refractivity contribution is 8.00. The first-order chi connectivity index (χ1) is 10.8. The van der Waals surface area contributed by atoms with Crippen LogP contribution in [-0.4, -0.2) is 40.9 Å². The Morgan fingerprint density at radius 2 is 2.12 bits per heavy atom. The Morgan fingerprint density at radius 1 is 1.46 bits per heavy atom. The maximum Gasteiger partial charge on any atom is 0.243 e. The predicted molar refractivity (Wildman–Crippen MR) is 96.8 cm³/mol. The van der Waals surface area contributed by atoms with Crippen molar-refractivity contribution >= 4 is 36.0 Å². The number of nitrogens with two attached hydrogens (primary N) is 1. The van der Waals surface area contributed by atoms with Gasteiger partial charge in [0.05, 0.1) is 5.25 Å². The van der Waals surface area contributed by atoms with Crippen LogP contribution in [0.2, 0.25) is 0 Å². The summed E-state index contributed by atoms with van der Waals surface area (Å²) in [6.07, 6.45) is 0.313. The van der Waals surface area contributed by atoms with Crippen molar-refractivity contribution in [3.8, 4) is 0 Å². The maximum atomic E-state index is 13.7. The van der Waals surface area contributed by atoms with E-state index in [-0.39, 0.29) is 35.3 Å². The summed E-state index contributed by atoms with van der Waals surface area (Å²) in [6, 6.07) is 5.84. The summed E-state index contributed by atoms with van der Waals surface area (Å²) in [4.78, 5) is 24.2. The summed E-state index contributed by atoms with van der Waals surface area (Å²) >= 11 is 1.37. The highest BCUT2D eigenvalue weighted by Crippen LogP contribution is 2.23. The second-order valence-electron chi connectivity index (χ2n) is 6.39. The highest BCUT2D eigenvalue weighted by atomic mass is 35.5. The topological polar surface area (TPSA) is 84.2 Å². The van der Waals surface area contributed by atoms with E-state index in [9.17, 15) is 14.0 Å². The van der Waals surface area contributed by atoms with Crippen LogP contribution in [-0.2, 0) is 16.0 Å². The molecule has 2 rings (SSSR count). The van der Waals surface area contributed by atoms with Gasteiger partial charge in [0.15, 0.2) is 0 Å². The van der Waals surface area contributed by atoms with Crippen LogP contribution in [0, 0.1) is 5.82 Å². The molecular weight excluding hydrogens is 353 g/mol. The van der Waals surface area contributed by atoms with E-state index >= 15 is 0 Å². The Hall–Kier alpha value is -1.31. The van der Waals surface area contributed by atoms with Gasteiger partial charge in [-0.05, 0) is 31.9 Å². The number of carbonyl (C=O) groups is 2. The molecule has 0 aliphatic carbocycles. The fraction of sp³-hybridized carbons (Fsp3) is 0.500. The van der Waals surface area contributed by atoms with Gasteiger partial charge in [-0.3, -0.25) is 9.59 Å². The van der Waals surface area contributed by atoms with Crippen molar-refractivity contribution in [2.24, 2.45) is 5.73 Å². The zero-order valence-corrected chi connectivity index (χ0v) is 15.3. The molecule has 8 heteroatoms. The molecule has 0 aromatic heterocycles. The molecule has 5 nitrogen and oxygen atoms in total. The third-order valence-corrected chi connectivity index (χ3v) is 4.78. The van der Waals surface area contributed by atoms with E-state index in [1.165, 1.54) is 17.8 Å². The van der Waals surface area contributed by atoms with Crippen molar-refractivity contribution in [3.63, 3.8) is 0 Å². The van der Waals surface area contributed by atoms with E-state index in [1.807, 2.05) is 13.8 Å². The maximum absolute atomic E-state index is 13.7. The van der Waals surface area contributed by atoms with Crippen molar-refractivity contribution in [3.05, 3.63) is 35.6 Å². The lowest BCUT2D eigenvalue weighted by atomic mass is 10.1. The van der Waals surface area contributed by atoms with Gasteiger partial charge in [-0.2, -0.15) is 0 Å². The summed E-state index contributed by atoms with van der Waals surface area (Å²) in [6.45, 7) is 3.96. The number of carbonyl (C=O) groups excluding carboxylic acids is 2. The zero-order chi connectivity index (χ0) is 17.0. The molecule has 0 bridgehead atoms. The molecule has 24 heavy (non-hydrogen) atoms. The van der Waals surface area contributed by atoms with Crippen LogP contribution in [0.3, 0.4) is 0 Å². The van der Waals surface area contributed by atoms with Gasteiger partial charge in [-0.25, -0.2) is 4.39 Å². The number of halogens is 2. The Balaban J connectivity index is 0.00000288. The summed E-state index contributed by atoms with van der Waals surface area (Å²) in [5.74, 6) is -0.335. The first kappa shape index (κ1) is 20.7. The second-order valence-corrected chi connectivity index (χ2v) is 7.62. The van der Waals surface area contributed by atoms with Gasteiger partial charge >= 0.3 is 0 Å². The van der Waals surface area contributed by atoms with Crippen LogP contribution in [0.25, 0.3) is 0 Å². The fourth-order valence-corrected chi connectivity index (χ4v) is 3.37. The smallest absolute Gasteiger partial charge is 0.243 e. The lowest BCUT2D eigenvalue weighted by molar-refractivity contribution is -0.128. The number of benzene rings is 1. The third-order valence-electron chi connectivity index (χ3n) is 3.47. The molecule has 1 aliphatic heterocycles. The van der Waals surface area contributed by atoms with Gasteiger partial charge in [0.2, 0.25) is 11.8 Å². The van der Waals surface area contributed by atoms with Gasteiger partial charge in [-0.15, -0.1) is 24.2 Å². The Labute approximate surface area is 151 Å². The van der Waals surface area contributed by atoms with E-state index in [0.29, 0.717) is 24.3 Å². The van der Waals surface area contributed by atoms with E-state index < -0.39 is 11.6 Å². The normalized spacial score (nSPS) is 20.8. The largest absolute Gasteiger partial charge is 0.352 e. The lowest BCUT2D eigenvalue weighted by Gasteiger charge is -2.29. The van der Waals surface area contributed by atoms with Crippen molar-refractivity contribution < 1.29 is 14.0 Å². The highest BCUT2D eigenvalue weighted by Gasteiger charge is 2.33. The van der Waals surface area contributed by atoms with Crippen molar-refractivity contribution in [1.82, 2.24) is 10.6 Å². The molecule has 0 radical (unpaired) electrons. The third kappa shape index (κ3) is 5.96. The van der Waals surface area contributed by atoms with Crippen LogP contribution in [0.15, 0.2) is 24.3 Å². The monoisotopic (exact) mass is 375 g/mol. The fourth-order valence-electron chi connectivity index (χ4n) is 2.19. The number of amides is 2. The average molecular weight is 376 g/mol. The molecule has 1 aliphatic rings. The van der Waals surface area contributed by atoms with Gasteiger partial charge in [0.1, 0.15) is 11.9 Å². The van der Waals surface area contributed by atoms with Gasteiger partial charge in [0.25, 0.3) is 0 Å². The van der Waals surface area contributed by atoms with Gasteiger partial charge < -0.3 is 16.4 Å². The molecule has 2 unspecified atom stereocenters. The van der Waals surface area contributed by atoms with Gasteiger partial charge in [0, 0.05) is 17.8 Å². The molecule has 0 spiro atoms. The molecule has 1 aromatic rings. The van der Waals surface area contributed by atoms with Crippen molar-refractivity contribution in [1.29, 1.82) is 0 Å². The molecule has 134 valence electrons. The minimum Gasteiger partial charge on any atom is -0.352 e. The van der Waals surface area contributed by atoms with Crippen LogP contribution in [0.4, 0.5) is 4.39 Å². The summed E-state index contributed by atoms with van der Waals surface area (Å²) < 4.78 is 13.7. The standard InChI is InChI=1S/C16H22FN3O2S.ClH/c1-16(2,18)9-19-14(21)12-8-23-13(15(22)20-12)7-10-5-3-4-6-11(10)17;/h3-6,12-13H,7-9,18H2,1-2H3,(H,19,21)(H,20,22);1H. The molecular formula is C16H23ClFN3O2S. The summed E-state index contributed by atoms with van der Waals surface area (Å²) in [7, 11) is 0. The minimum atomic E-state index is -0.577. The molecule has 2 amide bonds. The quantitative estimate of drug-likeness (QED) is 0.723. The van der Waals surface area contributed by atoms with E-state index in [1.54, 1.807) is 18.2 Å². The lowest BCUT2D eigenvalue weighted by Crippen LogP contribution is -2.56. The Morgan fingerprint density at radius 3 is 2.71 bits per heavy atom. The molecule has 0 saturated carbocycles. The van der Waals surface area contributed by atoms with E-state index in [2.05, 4.69) is 10.6 Å².